The molecule has 1 saturated heterocycles. The first-order chi connectivity index (χ1) is 8.98. The van der Waals surface area contributed by atoms with Crippen LogP contribution in [0.5, 0.6) is 0 Å². The number of nitrogens with zero attached hydrogens (tertiary/aromatic N) is 2. The van der Waals surface area contributed by atoms with Crippen molar-refractivity contribution >= 4 is 21.6 Å². The van der Waals surface area contributed by atoms with E-state index in [0.29, 0.717) is 18.7 Å². The summed E-state index contributed by atoms with van der Waals surface area (Å²) in [7, 11) is -3.36. The van der Waals surface area contributed by atoms with E-state index in [1.807, 2.05) is 0 Å². The molecule has 1 aliphatic rings. The van der Waals surface area contributed by atoms with Gasteiger partial charge in [-0.05, 0) is 25.0 Å². The Labute approximate surface area is 112 Å². The number of carbonyl (C=O) groups is 1. The van der Waals surface area contributed by atoms with E-state index in [2.05, 4.69) is 10.3 Å². The van der Waals surface area contributed by atoms with E-state index in [-0.39, 0.29) is 5.91 Å². The normalized spacial score (nSPS) is 21.0. The van der Waals surface area contributed by atoms with Crippen LogP contribution < -0.4 is 5.32 Å². The lowest BCUT2D eigenvalue weighted by atomic mass is 10.0. The summed E-state index contributed by atoms with van der Waals surface area (Å²) in [5.74, 6) is -0.293. The molecule has 1 aliphatic heterocycles. The Kier molecular flexibility index (Phi) is 4.16. The second kappa shape index (κ2) is 5.66. The second-order valence-corrected chi connectivity index (χ2v) is 6.55. The van der Waals surface area contributed by atoms with Crippen LogP contribution in [0.4, 0.5) is 5.69 Å². The first-order valence-corrected chi connectivity index (χ1v) is 8.01. The number of pyridine rings is 1. The van der Waals surface area contributed by atoms with Gasteiger partial charge in [0.15, 0.2) is 0 Å². The molecule has 1 unspecified atom stereocenters. The van der Waals surface area contributed by atoms with Crippen molar-refractivity contribution in [2.24, 2.45) is 0 Å². The molecule has 0 bridgehead atoms. The van der Waals surface area contributed by atoms with Gasteiger partial charge in [-0.1, -0.05) is 6.42 Å². The minimum Gasteiger partial charge on any atom is -0.323 e. The Morgan fingerprint density at radius 2 is 2.26 bits per heavy atom. The fourth-order valence-corrected chi connectivity index (χ4v) is 3.35. The van der Waals surface area contributed by atoms with E-state index in [4.69, 9.17) is 0 Å². The van der Waals surface area contributed by atoms with Crippen LogP contribution in [0.25, 0.3) is 0 Å². The van der Waals surface area contributed by atoms with Crippen molar-refractivity contribution in [3.05, 3.63) is 24.5 Å². The molecule has 2 heterocycles. The number of hydrogen-bond donors (Lipinski definition) is 1. The quantitative estimate of drug-likeness (QED) is 0.891. The van der Waals surface area contributed by atoms with Gasteiger partial charge < -0.3 is 5.32 Å². The van der Waals surface area contributed by atoms with Crippen molar-refractivity contribution in [3.63, 3.8) is 0 Å². The van der Waals surface area contributed by atoms with Gasteiger partial charge in [0, 0.05) is 12.7 Å². The number of sulfonamides is 1. The number of amides is 1. The van der Waals surface area contributed by atoms with E-state index < -0.39 is 16.1 Å². The SMILES string of the molecule is CS(=O)(=O)N1CCCCC1C(=O)Nc1cccnc1. The van der Waals surface area contributed by atoms with Crippen LogP contribution in [0, 0.1) is 0 Å². The average Bonchev–Trinajstić information content (AvgIpc) is 2.39. The molecule has 7 heteroatoms. The minimum absolute atomic E-state index is 0.293. The standard InChI is InChI=1S/C12H17N3O3S/c1-19(17,18)15-8-3-2-6-11(15)12(16)14-10-5-4-7-13-9-10/h4-5,7,9,11H,2-3,6,8H2,1H3,(H,14,16). The van der Waals surface area contributed by atoms with Gasteiger partial charge in [-0.25, -0.2) is 8.42 Å². The summed E-state index contributed by atoms with van der Waals surface area (Å²) in [6.45, 7) is 0.407. The molecule has 2 rings (SSSR count). The maximum atomic E-state index is 12.2. The van der Waals surface area contributed by atoms with E-state index in [0.717, 1.165) is 19.1 Å². The topological polar surface area (TPSA) is 79.4 Å². The predicted octanol–water partition coefficient (Wildman–Crippen LogP) is 0.834. The van der Waals surface area contributed by atoms with Gasteiger partial charge in [0.1, 0.15) is 6.04 Å². The molecule has 0 saturated carbocycles. The summed E-state index contributed by atoms with van der Waals surface area (Å²) in [5, 5.41) is 2.71. The smallest absolute Gasteiger partial charge is 0.242 e. The van der Waals surface area contributed by atoms with Crippen molar-refractivity contribution in [3.8, 4) is 0 Å². The Hall–Kier alpha value is -1.47. The van der Waals surface area contributed by atoms with Gasteiger partial charge in [-0.3, -0.25) is 9.78 Å². The monoisotopic (exact) mass is 283 g/mol. The average molecular weight is 283 g/mol. The fourth-order valence-electron chi connectivity index (χ4n) is 2.23. The van der Waals surface area contributed by atoms with Crippen LogP contribution >= 0.6 is 0 Å². The molecule has 0 radical (unpaired) electrons. The van der Waals surface area contributed by atoms with Crippen molar-refractivity contribution in [2.75, 3.05) is 18.1 Å². The molecule has 1 amide bonds. The summed E-state index contributed by atoms with van der Waals surface area (Å²) in [5.41, 5.74) is 0.575. The molecule has 1 N–H and O–H groups in total. The maximum Gasteiger partial charge on any atom is 0.242 e. The number of carbonyl (C=O) groups excluding carboxylic acids is 1. The van der Waals surface area contributed by atoms with Crippen molar-refractivity contribution in [1.82, 2.24) is 9.29 Å². The molecule has 6 nitrogen and oxygen atoms in total. The fraction of sp³-hybridized carbons (Fsp3) is 0.500. The first kappa shape index (κ1) is 14.0. The highest BCUT2D eigenvalue weighted by atomic mass is 32.2. The summed E-state index contributed by atoms with van der Waals surface area (Å²) >= 11 is 0. The molecule has 1 atom stereocenters. The summed E-state index contributed by atoms with van der Waals surface area (Å²) < 4.78 is 24.7. The number of aromatic nitrogens is 1. The molecule has 0 aromatic carbocycles. The lowest BCUT2D eigenvalue weighted by Crippen LogP contribution is -2.49. The minimum atomic E-state index is -3.36. The van der Waals surface area contributed by atoms with Crippen molar-refractivity contribution in [1.29, 1.82) is 0 Å². The van der Waals surface area contributed by atoms with E-state index >= 15 is 0 Å². The molecule has 104 valence electrons. The van der Waals surface area contributed by atoms with Gasteiger partial charge in [0.25, 0.3) is 0 Å². The van der Waals surface area contributed by atoms with Gasteiger partial charge in [0.05, 0.1) is 18.1 Å². The van der Waals surface area contributed by atoms with E-state index in [1.165, 1.54) is 10.5 Å². The number of hydrogen-bond acceptors (Lipinski definition) is 4. The van der Waals surface area contributed by atoms with Gasteiger partial charge >= 0.3 is 0 Å². The highest BCUT2D eigenvalue weighted by Gasteiger charge is 2.34. The summed E-state index contributed by atoms with van der Waals surface area (Å²) in [6, 6.07) is 2.81. The molecule has 1 aromatic rings. The lowest BCUT2D eigenvalue weighted by Gasteiger charge is -2.32. The number of nitrogens with one attached hydrogen (secondary N) is 1. The van der Waals surface area contributed by atoms with Gasteiger partial charge in [-0.2, -0.15) is 4.31 Å². The molecular formula is C12H17N3O3S. The third kappa shape index (κ3) is 3.51. The molecule has 1 aromatic heterocycles. The molecule has 1 fully saturated rings. The highest BCUT2D eigenvalue weighted by Crippen LogP contribution is 2.21. The Bertz CT molecular complexity index is 545. The van der Waals surface area contributed by atoms with Gasteiger partial charge in [0.2, 0.25) is 15.9 Å². The number of anilines is 1. The largest absolute Gasteiger partial charge is 0.323 e. The van der Waals surface area contributed by atoms with Crippen LogP contribution in [-0.4, -0.2) is 42.5 Å². The van der Waals surface area contributed by atoms with Gasteiger partial charge in [-0.15, -0.1) is 0 Å². The molecular weight excluding hydrogens is 266 g/mol. The number of piperidine rings is 1. The summed E-state index contributed by atoms with van der Waals surface area (Å²) in [6.07, 6.45) is 6.49. The predicted molar refractivity (Wildman–Crippen MR) is 72.1 cm³/mol. The van der Waals surface area contributed by atoms with Crippen LogP contribution in [0.2, 0.25) is 0 Å². The van der Waals surface area contributed by atoms with Crippen LogP contribution in [0.15, 0.2) is 24.5 Å². The maximum absolute atomic E-state index is 12.2. The van der Waals surface area contributed by atoms with Crippen molar-refractivity contribution in [2.45, 2.75) is 25.3 Å². The lowest BCUT2D eigenvalue weighted by molar-refractivity contribution is -0.120. The highest BCUT2D eigenvalue weighted by molar-refractivity contribution is 7.88. The van der Waals surface area contributed by atoms with Crippen molar-refractivity contribution < 1.29 is 13.2 Å². The first-order valence-electron chi connectivity index (χ1n) is 6.16. The summed E-state index contributed by atoms with van der Waals surface area (Å²) in [4.78, 5) is 16.1. The van der Waals surface area contributed by atoms with Crippen LogP contribution in [-0.2, 0) is 14.8 Å². The Morgan fingerprint density at radius 3 is 2.89 bits per heavy atom. The van der Waals surface area contributed by atoms with Crippen LogP contribution in [0.1, 0.15) is 19.3 Å². The Morgan fingerprint density at radius 1 is 1.47 bits per heavy atom. The molecule has 0 spiro atoms. The third-order valence-electron chi connectivity index (χ3n) is 3.11. The molecule has 0 aliphatic carbocycles. The third-order valence-corrected chi connectivity index (χ3v) is 4.40. The Balaban J connectivity index is 2.12. The second-order valence-electron chi connectivity index (χ2n) is 4.62. The van der Waals surface area contributed by atoms with E-state index in [9.17, 15) is 13.2 Å². The zero-order chi connectivity index (χ0) is 13.9. The van der Waals surface area contributed by atoms with E-state index in [1.54, 1.807) is 18.3 Å². The number of rotatable bonds is 3. The zero-order valence-corrected chi connectivity index (χ0v) is 11.6. The zero-order valence-electron chi connectivity index (χ0n) is 10.7. The molecule has 19 heavy (non-hydrogen) atoms. The van der Waals surface area contributed by atoms with Crippen LogP contribution in [0.3, 0.4) is 0 Å².